The van der Waals surface area contributed by atoms with Gasteiger partial charge in [0.1, 0.15) is 11.1 Å². The summed E-state index contributed by atoms with van der Waals surface area (Å²) in [7, 11) is 0. The first kappa shape index (κ1) is 23.5. The van der Waals surface area contributed by atoms with Crippen LogP contribution in [-0.2, 0) is 10.3 Å². The molecule has 0 bridgehead atoms. The summed E-state index contributed by atoms with van der Waals surface area (Å²) in [6, 6.07) is 28.7. The number of rotatable bonds is 5. The van der Waals surface area contributed by atoms with E-state index in [9.17, 15) is 18.0 Å². The highest BCUT2D eigenvalue weighted by Crippen LogP contribution is 2.42. The predicted molar refractivity (Wildman–Crippen MR) is 130 cm³/mol. The molecule has 0 aliphatic carbocycles. The molecule has 0 fully saturated rings. The molecule has 0 aliphatic heterocycles. The number of hydrogen-bond donors (Lipinski definition) is 1. The molecule has 36 heavy (non-hydrogen) atoms. The average molecular weight is 508 g/mol. The molecule has 1 amide bonds. The van der Waals surface area contributed by atoms with Crippen LogP contribution in [0.2, 0.25) is 5.15 Å². The van der Waals surface area contributed by atoms with Gasteiger partial charge in [-0.3, -0.25) is 14.7 Å². The zero-order chi connectivity index (χ0) is 25.3. The summed E-state index contributed by atoms with van der Waals surface area (Å²) in [4.78, 5) is 24.1. The highest BCUT2D eigenvalue weighted by Gasteiger charge is 2.41. The van der Waals surface area contributed by atoms with Crippen LogP contribution >= 0.6 is 11.6 Å². The zero-order valence-electron chi connectivity index (χ0n) is 18.4. The largest absolute Gasteiger partial charge is 0.471 e. The molecule has 10 heteroatoms. The number of alkyl halides is 3. The highest BCUT2D eigenvalue weighted by molar-refractivity contribution is 6.33. The summed E-state index contributed by atoms with van der Waals surface area (Å²) >= 11 is 6.30. The lowest BCUT2D eigenvalue weighted by atomic mass is 9.76. The van der Waals surface area contributed by atoms with Crippen LogP contribution in [0, 0.1) is 0 Å². The molecule has 0 saturated heterocycles. The fourth-order valence-electron chi connectivity index (χ4n) is 4.29. The number of imidazole rings is 1. The molecular weight excluding hydrogens is 491 g/mol. The Kier molecular flexibility index (Phi) is 5.93. The van der Waals surface area contributed by atoms with Crippen LogP contribution in [0.4, 0.5) is 19.1 Å². The van der Waals surface area contributed by atoms with Crippen molar-refractivity contribution < 1.29 is 18.0 Å². The number of fused-ring (bicyclic) bond motifs is 1. The molecule has 180 valence electrons. The second-order valence-corrected chi connectivity index (χ2v) is 8.24. The molecule has 5 rings (SSSR count). The number of anilines is 1. The Morgan fingerprint density at radius 1 is 0.778 bits per heavy atom. The molecule has 0 unspecified atom stereocenters. The van der Waals surface area contributed by atoms with E-state index in [-0.39, 0.29) is 16.3 Å². The Morgan fingerprint density at radius 3 is 1.69 bits per heavy atom. The number of carbonyl (C=O) groups excluding carboxylic acids is 1. The summed E-state index contributed by atoms with van der Waals surface area (Å²) in [5, 5.41) is 1.50. The molecule has 1 N–H and O–H groups in total. The monoisotopic (exact) mass is 507 g/mol. The van der Waals surface area contributed by atoms with E-state index < -0.39 is 23.6 Å². The smallest absolute Gasteiger partial charge is 0.296 e. The van der Waals surface area contributed by atoms with E-state index in [0.717, 1.165) is 16.7 Å². The van der Waals surface area contributed by atoms with Crippen molar-refractivity contribution in [2.75, 3.05) is 5.32 Å². The van der Waals surface area contributed by atoms with Gasteiger partial charge in [0.25, 0.3) is 0 Å². The third kappa shape index (κ3) is 3.97. The lowest BCUT2D eigenvalue weighted by molar-refractivity contribution is -0.167. The Balaban J connectivity index is 1.85. The summed E-state index contributed by atoms with van der Waals surface area (Å²) in [5.74, 6) is -2.79. The first-order chi connectivity index (χ1) is 17.3. The van der Waals surface area contributed by atoms with Gasteiger partial charge in [-0.2, -0.15) is 23.1 Å². The second-order valence-electron chi connectivity index (χ2n) is 7.89. The fourth-order valence-corrected chi connectivity index (χ4v) is 4.51. The van der Waals surface area contributed by atoms with E-state index in [1.165, 1.54) is 6.33 Å². The number of halogens is 4. The van der Waals surface area contributed by atoms with Crippen molar-refractivity contribution >= 4 is 34.6 Å². The average Bonchev–Trinajstić information content (AvgIpc) is 3.31. The first-order valence-corrected chi connectivity index (χ1v) is 11.2. The minimum Gasteiger partial charge on any atom is -0.296 e. The number of nitrogens with zero attached hydrogens (tertiary/aromatic N) is 4. The minimum atomic E-state index is -5.12. The van der Waals surface area contributed by atoms with Gasteiger partial charge in [-0.25, -0.2) is 4.98 Å². The van der Waals surface area contributed by atoms with Gasteiger partial charge in [0.15, 0.2) is 10.8 Å². The van der Waals surface area contributed by atoms with E-state index in [2.05, 4.69) is 15.0 Å². The third-order valence-electron chi connectivity index (χ3n) is 5.77. The van der Waals surface area contributed by atoms with Crippen LogP contribution in [0.15, 0.2) is 97.3 Å². The van der Waals surface area contributed by atoms with E-state index in [4.69, 9.17) is 11.6 Å². The molecule has 2 aromatic heterocycles. The number of benzene rings is 3. The third-order valence-corrected chi connectivity index (χ3v) is 6.04. The first-order valence-electron chi connectivity index (χ1n) is 10.8. The van der Waals surface area contributed by atoms with E-state index in [0.29, 0.717) is 0 Å². The van der Waals surface area contributed by atoms with Crippen LogP contribution in [0.3, 0.4) is 0 Å². The van der Waals surface area contributed by atoms with E-state index >= 15 is 0 Å². The Morgan fingerprint density at radius 2 is 1.25 bits per heavy atom. The van der Waals surface area contributed by atoms with Gasteiger partial charge < -0.3 is 0 Å². The van der Waals surface area contributed by atoms with Crippen LogP contribution < -0.4 is 5.32 Å². The van der Waals surface area contributed by atoms with Gasteiger partial charge in [0, 0.05) is 0 Å². The van der Waals surface area contributed by atoms with Crippen molar-refractivity contribution in [3.8, 4) is 0 Å². The van der Waals surface area contributed by atoms with Crippen LogP contribution in [0.25, 0.3) is 11.2 Å². The second kappa shape index (κ2) is 9.09. The maximum Gasteiger partial charge on any atom is 0.471 e. The maximum absolute atomic E-state index is 12.9. The molecule has 6 nitrogen and oxygen atoms in total. The number of carbonyl (C=O) groups is 1. The Hall–Kier alpha value is -4.24. The van der Waals surface area contributed by atoms with Gasteiger partial charge in [0.2, 0.25) is 5.95 Å². The van der Waals surface area contributed by atoms with Crippen LogP contribution in [0.1, 0.15) is 16.7 Å². The maximum atomic E-state index is 12.9. The molecule has 5 aromatic rings. The van der Waals surface area contributed by atoms with Crippen molar-refractivity contribution in [3.63, 3.8) is 0 Å². The van der Waals surface area contributed by atoms with Gasteiger partial charge >= 0.3 is 12.1 Å². The van der Waals surface area contributed by atoms with Crippen molar-refractivity contribution in [3.05, 3.63) is 119 Å². The lowest BCUT2D eigenvalue weighted by Crippen LogP contribution is -2.37. The molecule has 3 aromatic carbocycles. The predicted octanol–water partition coefficient (Wildman–Crippen LogP) is 5.82. The van der Waals surface area contributed by atoms with Gasteiger partial charge in [0.05, 0.1) is 6.33 Å². The van der Waals surface area contributed by atoms with Crippen molar-refractivity contribution in [2.24, 2.45) is 0 Å². The standard InChI is InChI=1S/C26H17ClF3N5O/c27-21-20-22(33-24(32-21)34-23(36)26(28,29)30)35(16-31-20)25(17-10-4-1-5-11-17,18-12-6-2-7-13-18)19-14-8-3-9-15-19/h1-16H,(H,32,33,34,36). The normalized spacial score (nSPS) is 12.0. The van der Waals surface area contributed by atoms with Crippen LogP contribution in [0.5, 0.6) is 0 Å². The molecule has 0 atom stereocenters. The summed E-state index contributed by atoms with van der Waals surface area (Å²) < 4.78 is 40.4. The SMILES string of the molecule is O=C(Nc1nc(Cl)c2ncn(C(c3ccccc3)(c3ccccc3)c3ccccc3)c2n1)C(F)(F)F. The van der Waals surface area contributed by atoms with Gasteiger partial charge in [-0.15, -0.1) is 0 Å². The quantitative estimate of drug-likeness (QED) is 0.240. The highest BCUT2D eigenvalue weighted by atomic mass is 35.5. The Bertz CT molecular complexity index is 1430. The number of hydrogen-bond acceptors (Lipinski definition) is 4. The molecule has 0 spiro atoms. The lowest BCUT2D eigenvalue weighted by Gasteiger charge is -2.37. The molecule has 2 heterocycles. The van der Waals surface area contributed by atoms with Crippen molar-refractivity contribution in [2.45, 2.75) is 11.7 Å². The fraction of sp³-hybridized carbons (Fsp3) is 0.0769. The summed E-state index contributed by atoms with van der Waals surface area (Å²) in [6.45, 7) is 0. The number of nitrogens with one attached hydrogen (secondary N) is 1. The molecule has 0 saturated carbocycles. The Labute approximate surface area is 208 Å². The van der Waals surface area contributed by atoms with E-state index in [1.54, 1.807) is 9.88 Å². The summed E-state index contributed by atoms with van der Waals surface area (Å²) in [6.07, 6.45) is -3.60. The van der Waals surface area contributed by atoms with E-state index in [1.807, 2.05) is 91.0 Å². The molecular formula is C26H17ClF3N5O. The van der Waals surface area contributed by atoms with Gasteiger partial charge in [-0.1, -0.05) is 103 Å². The van der Waals surface area contributed by atoms with Gasteiger partial charge in [-0.05, 0) is 16.7 Å². The number of amides is 1. The van der Waals surface area contributed by atoms with Crippen molar-refractivity contribution in [1.29, 1.82) is 0 Å². The molecule has 0 radical (unpaired) electrons. The van der Waals surface area contributed by atoms with Crippen LogP contribution in [-0.4, -0.2) is 31.6 Å². The summed E-state index contributed by atoms with van der Waals surface area (Å²) in [5.41, 5.74) is 1.81. The minimum absolute atomic E-state index is 0.143. The molecule has 0 aliphatic rings. The topological polar surface area (TPSA) is 72.7 Å². The van der Waals surface area contributed by atoms with Crippen molar-refractivity contribution in [1.82, 2.24) is 19.5 Å². The number of aromatic nitrogens is 4. The zero-order valence-corrected chi connectivity index (χ0v) is 19.2.